The van der Waals surface area contributed by atoms with Gasteiger partial charge in [-0.15, -0.1) is 0 Å². The highest BCUT2D eigenvalue weighted by Crippen LogP contribution is 2.27. The molecule has 0 saturated carbocycles. The molecule has 0 saturated heterocycles. The number of benzene rings is 1. The van der Waals surface area contributed by atoms with E-state index in [0.717, 1.165) is 6.42 Å². The minimum absolute atomic E-state index is 0.365. The Hall–Kier alpha value is -1.75. The van der Waals surface area contributed by atoms with E-state index in [1.165, 1.54) is 13.2 Å². The van der Waals surface area contributed by atoms with Gasteiger partial charge in [0.1, 0.15) is 5.75 Å². The predicted molar refractivity (Wildman–Crippen MR) is 79.1 cm³/mol. The zero-order valence-electron chi connectivity index (χ0n) is 11.8. The van der Waals surface area contributed by atoms with Gasteiger partial charge < -0.3 is 15.4 Å². The van der Waals surface area contributed by atoms with Crippen LogP contribution >= 0.6 is 11.6 Å². The van der Waals surface area contributed by atoms with E-state index in [0.29, 0.717) is 28.9 Å². The molecule has 5 nitrogen and oxygen atoms in total. The molecule has 20 heavy (non-hydrogen) atoms. The Morgan fingerprint density at radius 3 is 2.60 bits per heavy atom. The molecular weight excluding hydrogens is 280 g/mol. The van der Waals surface area contributed by atoms with Crippen molar-refractivity contribution in [2.45, 2.75) is 20.3 Å². The molecule has 0 aliphatic heterocycles. The summed E-state index contributed by atoms with van der Waals surface area (Å²) in [6.07, 6.45) is 0.819. The molecule has 0 heterocycles. The first-order valence-corrected chi connectivity index (χ1v) is 6.74. The van der Waals surface area contributed by atoms with Crippen LogP contribution in [-0.2, 0) is 9.59 Å². The van der Waals surface area contributed by atoms with Crippen LogP contribution in [0.2, 0.25) is 5.02 Å². The van der Waals surface area contributed by atoms with Gasteiger partial charge in [-0.05, 0) is 30.5 Å². The zero-order chi connectivity index (χ0) is 15.1. The average molecular weight is 299 g/mol. The van der Waals surface area contributed by atoms with Gasteiger partial charge in [0.15, 0.2) is 0 Å². The van der Waals surface area contributed by atoms with Crippen LogP contribution in [0.15, 0.2) is 18.2 Å². The lowest BCUT2D eigenvalue weighted by Crippen LogP contribution is -2.36. The number of amides is 2. The van der Waals surface area contributed by atoms with Crippen molar-refractivity contribution < 1.29 is 14.3 Å². The van der Waals surface area contributed by atoms with Gasteiger partial charge >= 0.3 is 11.8 Å². The van der Waals surface area contributed by atoms with Crippen LogP contribution in [0.4, 0.5) is 5.69 Å². The SMILES string of the molecule is COc1ccc(Cl)cc1NC(=O)C(=O)NCCC(C)C. The van der Waals surface area contributed by atoms with E-state index in [9.17, 15) is 9.59 Å². The van der Waals surface area contributed by atoms with Crippen molar-refractivity contribution in [2.75, 3.05) is 19.0 Å². The fourth-order valence-electron chi connectivity index (χ4n) is 1.51. The number of rotatable bonds is 5. The molecule has 0 aromatic heterocycles. The van der Waals surface area contributed by atoms with E-state index in [1.807, 2.05) is 13.8 Å². The third-order valence-electron chi connectivity index (χ3n) is 2.62. The van der Waals surface area contributed by atoms with E-state index in [2.05, 4.69) is 10.6 Å². The van der Waals surface area contributed by atoms with Crippen molar-refractivity contribution in [3.05, 3.63) is 23.2 Å². The maximum absolute atomic E-state index is 11.7. The van der Waals surface area contributed by atoms with Gasteiger partial charge in [-0.3, -0.25) is 9.59 Å². The highest BCUT2D eigenvalue weighted by molar-refractivity contribution is 6.40. The fraction of sp³-hybridized carbons (Fsp3) is 0.429. The highest BCUT2D eigenvalue weighted by atomic mass is 35.5. The molecule has 110 valence electrons. The zero-order valence-corrected chi connectivity index (χ0v) is 12.6. The van der Waals surface area contributed by atoms with Gasteiger partial charge in [0, 0.05) is 11.6 Å². The van der Waals surface area contributed by atoms with Gasteiger partial charge in [-0.1, -0.05) is 25.4 Å². The Morgan fingerprint density at radius 1 is 1.30 bits per heavy atom. The minimum atomic E-state index is -0.741. The van der Waals surface area contributed by atoms with Crippen LogP contribution in [0.25, 0.3) is 0 Å². The number of anilines is 1. The molecule has 0 bridgehead atoms. The number of hydrogen-bond donors (Lipinski definition) is 2. The average Bonchev–Trinajstić information content (AvgIpc) is 2.38. The van der Waals surface area contributed by atoms with E-state index in [1.54, 1.807) is 12.1 Å². The smallest absolute Gasteiger partial charge is 0.313 e. The summed E-state index contributed by atoms with van der Waals surface area (Å²) in [7, 11) is 1.47. The maximum atomic E-state index is 11.7. The predicted octanol–water partition coefficient (Wildman–Crippen LogP) is 2.45. The summed E-state index contributed by atoms with van der Waals surface area (Å²) in [4.78, 5) is 23.4. The largest absolute Gasteiger partial charge is 0.495 e. The monoisotopic (exact) mass is 298 g/mol. The van der Waals surface area contributed by atoms with Gasteiger partial charge in [-0.2, -0.15) is 0 Å². The molecule has 0 unspecified atom stereocenters. The molecule has 0 aliphatic rings. The fourth-order valence-corrected chi connectivity index (χ4v) is 1.68. The summed E-state index contributed by atoms with van der Waals surface area (Å²) in [5.74, 6) is -0.508. The van der Waals surface area contributed by atoms with Crippen LogP contribution in [0.3, 0.4) is 0 Å². The number of methoxy groups -OCH3 is 1. The number of carbonyl (C=O) groups excluding carboxylic acids is 2. The van der Waals surface area contributed by atoms with Crippen molar-refractivity contribution in [1.82, 2.24) is 5.32 Å². The Balaban J connectivity index is 2.61. The molecule has 0 atom stereocenters. The lowest BCUT2D eigenvalue weighted by Gasteiger charge is -2.11. The van der Waals surface area contributed by atoms with Crippen LogP contribution in [-0.4, -0.2) is 25.5 Å². The molecule has 0 radical (unpaired) electrons. The normalized spacial score (nSPS) is 10.2. The van der Waals surface area contributed by atoms with Gasteiger partial charge in [-0.25, -0.2) is 0 Å². The van der Waals surface area contributed by atoms with Crippen molar-refractivity contribution in [3.63, 3.8) is 0 Å². The van der Waals surface area contributed by atoms with E-state index in [-0.39, 0.29) is 0 Å². The van der Waals surface area contributed by atoms with Gasteiger partial charge in [0.2, 0.25) is 0 Å². The number of ether oxygens (including phenoxy) is 1. The van der Waals surface area contributed by atoms with Crippen LogP contribution in [0.1, 0.15) is 20.3 Å². The minimum Gasteiger partial charge on any atom is -0.495 e. The lowest BCUT2D eigenvalue weighted by atomic mass is 10.1. The molecular formula is C14H19ClN2O3. The molecule has 0 spiro atoms. The van der Waals surface area contributed by atoms with Gasteiger partial charge in [0.05, 0.1) is 12.8 Å². The summed E-state index contributed by atoms with van der Waals surface area (Å²) in [6, 6.07) is 4.78. The third-order valence-corrected chi connectivity index (χ3v) is 2.86. The van der Waals surface area contributed by atoms with Crippen molar-refractivity contribution in [3.8, 4) is 5.75 Å². The molecule has 1 aromatic carbocycles. The molecule has 1 aromatic rings. The number of carbonyl (C=O) groups is 2. The second kappa shape index (κ2) is 7.75. The number of hydrogen-bond acceptors (Lipinski definition) is 3. The first-order valence-electron chi connectivity index (χ1n) is 6.36. The Kier molecular flexibility index (Phi) is 6.31. The summed E-state index contributed by atoms with van der Waals surface area (Å²) < 4.78 is 5.09. The van der Waals surface area contributed by atoms with Gasteiger partial charge in [0.25, 0.3) is 0 Å². The summed E-state index contributed by atoms with van der Waals surface area (Å²) in [5, 5.41) is 5.49. The molecule has 2 amide bonds. The molecule has 0 aliphatic carbocycles. The van der Waals surface area contributed by atoms with Crippen LogP contribution in [0.5, 0.6) is 5.75 Å². The van der Waals surface area contributed by atoms with Crippen molar-refractivity contribution in [1.29, 1.82) is 0 Å². The molecule has 1 rings (SSSR count). The molecule has 6 heteroatoms. The quantitative estimate of drug-likeness (QED) is 0.821. The first-order chi connectivity index (χ1) is 9.43. The Labute approximate surface area is 123 Å². The highest BCUT2D eigenvalue weighted by Gasteiger charge is 2.15. The summed E-state index contributed by atoms with van der Waals surface area (Å²) in [5.41, 5.74) is 0.365. The van der Waals surface area contributed by atoms with Crippen molar-refractivity contribution >= 4 is 29.1 Å². The Morgan fingerprint density at radius 2 is 2.00 bits per heavy atom. The first kappa shape index (κ1) is 16.3. The maximum Gasteiger partial charge on any atom is 0.313 e. The molecule has 0 fully saturated rings. The van der Waals surface area contributed by atoms with E-state index in [4.69, 9.17) is 16.3 Å². The van der Waals surface area contributed by atoms with E-state index >= 15 is 0 Å². The summed E-state index contributed by atoms with van der Waals surface area (Å²) in [6.45, 7) is 4.56. The number of halogens is 1. The van der Waals surface area contributed by atoms with E-state index < -0.39 is 11.8 Å². The third kappa shape index (κ3) is 5.09. The van der Waals surface area contributed by atoms with Crippen LogP contribution in [0, 0.1) is 5.92 Å². The summed E-state index contributed by atoms with van der Waals surface area (Å²) >= 11 is 5.85. The second-order valence-corrected chi connectivity index (χ2v) is 5.17. The standard InChI is InChI=1S/C14H19ClN2O3/c1-9(2)6-7-16-13(18)14(19)17-11-8-10(15)4-5-12(11)20-3/h4-5,8-9H,6-7H2,1-3H3,(H,16,18)(H,17,19). The van der Waals surface area contributed by atoms with Crippen molar-refractivity contribution in [2.24, 2.45) is 5.92 Å². The Bertz CT molecular complexity index is 489. The topological polar surface area (TPSA) is 67.4 Å². The lowest BCUT2D eigenvalue weighted by molar-refractivity contribution is -0.136. The second-order valence-electron chi connectivity index (χ2n) is 4.74. The molecule has 2 N–H and O–H groups in total. The number of nitrogens with one attached hydrogen (secondary N) is 2. The van der Waals surface area contributed by atoms with Crippen LogP contribution < -0.4 is 15.4 Å².